The zero-order valence-corrected chi connectivity index (χ0v) is 16.7. The summed E-state index contributed by atoms with van der Waals surface area (Å²) in [5.41, 5.74) is 1.71. The molecule has 144 valence electrons. The fourth-order valence-corrected chi connectivity index (χ4v) is 4.96. The molecule has 0 spiro atoms. The van der Waals surface area contributed by atoms with E-state index in [9.17, 15) is 14.4 Å². The van der Waals surface area contributed by atoms with E-state index in [1.807, 2.05) is 24.4 Å². The first kappa shape index (κ1) is 19.5. The van der Waals surface area contributed by atoms with Crippen LogP contribution in [0.1, 0.15) is 38.0 Å². The van der Waals surface area contributed by atoms with Crippen molar-refractivity contribution in [2.24, 2.45) is 22.7 Å². The van der Waals surface area contributed by atoms with Crippen LogP contribution in [-0.4, -0.2) is 37.2 Å². The lowest BCUT2D eigenvalue weighted by Gasteiger charge is -2.39. The van der Waals surface area contributed by atoms with Gasteiger partial charge in [0, 0.05) is 22.2 Å². The molecule has 0 aromatic carbocycles. The Morgan fingerprint density at radius 1 is 1.33 bits per heavy atom. The van der Waals surface area contributed by atoms with Crippen LogP contribution in [-0.2, 0) is 23.9 Å². The smallest absolute Gasteiger partial charge is 0.336 e. The predicted molar refractivity (Wildman–Crippen MR) is 102 cm³/mol. The Hall–Kier alpha value is -2.28. The van der Waals surface area contributed by atoms with Crippen LogP contribution in [0.2, 0.25) is 0 Å². The summed E-state index contributed by atoms with van der Waals surface area (Å²) >= 11 is 1.48. The van der Waals surface area contributed by atoms with Crippen LogP contribution < -0.4 is 0 Å². The number of allylic oxidation sites excluding steroid dienone is 1. The Kier molecular flexibility index (Phi) is 5.60. The quantitative estimate of drug-likeness (QED) is 0.584. The van der Waals surface area contributed by atoms with Gasteiger partial charge < -0.3 is 9.47 Å². The van der Waals surface area contributed by atoms with Gasteiger partial charge >= 0.3 is 11.9 Å². The van der Waals surface area contributed by atoms with E-state index in [-0.39, 0.29) is 18.3 Å². The lowest BCUT2D eigenvalue weighted by Crippen LogP contribution is -2.48. The lowest BCUT2D eigenvalue weighted by atomic mass is 9.65. The molecule has 1 aromatic rings. The van der Waals surface area contributed by atoms with Gasteiger partial charge in [0.15, 0.2) is 5.78 Å². The van der Waals surface area contributed by atoms with Crippen LogP contribution in [0.3, 0.4) is 0 Å². The van der Waals surface area contributed by atoms with Crippen molar-refractivity contribution in [3.8, 4) is 0 Å². The molecule has 0 unspecified atom stereocenters. The highest BCUT2D eigenvalue weighted by atomic mass is 32.1. The summed E-state index contributed by atoms with van der Waals surface area (Å²) in [7, 11) is 1.29. The highest BCUT2D eigenvalue weighted by Gasteiger charge is 2.51. The van der Waals surface area contributed by atoms with Crippen molar-refractivity contribution < 1.29 is 23.9 Å². The highest BCUT2D eigenvalue weighted by molar-refractivity contribution is 7.10. The van der Waals surface area contributed by atoms with Gasteiger partial charge in [-0.2, -0.15) is 0 Å². The van der Waals surface area contributed by atoms with Crippen LogP contribution in [0.15, 0.2) is 33.8 Å². The van der Waals surface area contributed by atoms with Gasteiger partial charge in [-0.15, -0.1) is 11.3 Å². The number of carbonyl (C=O) groups excluding carboxylic acids is 3. The zero-order chi connectivity index (χ0) is 19.7. The first-order valence-corrected chi connectivity index (χ1v) is 9.88. The molecule has 7 heteroatoms. The Morgan fingerprint density at radius 3 is 2.67 bits per heavy atom. The van der Waals surface area contributed by atoms with E-state index in [1.165, 1.54) is 18.4 Å². The van der Waals surface area contributed by atoms with E-state index in [0.29, 0.717) is 17.7 Å². The second-order valence-electron chi connectivity index (χ2n) is 6.88. The largest absolute Gasteiger partial charge is 0.468 e. The summed E-state index contributed by atoms with van der Waals surface area (Å²) in [5.74, 6) is -3.38. The summed E-state index contributed by atoms with van der Waals surface area (Å²) in [4.78, 5) is 43.8. The molecular formula is C20H23NO5S. The number of esters is 2. The number of Topliss-reactive ketones (excluding diaryl/α,β-unsaturated/α-hetero) is 1. The molecule has 4 atom stereocenters. The normalized spacial score (nSPS) is 27.7. The van der Waals surface area contributed by atoms with Gasteiger partial charge in [0.05, 0.1) is 25.2 Å². The summed E-state index contributed by atoms with van der Waals surface area (Å²) in [6.07, 6.45) is 0.519. The third-order valence-electron chi connectivity index (χ3n) is 5.22. The number of fused-ring (bicyclic) bond motifs is 1. The zero-order valence-electron chi connectivity index (χ0n) is 15.9. The predicted octanol–water partition coefficient (Wildman–Crippen LogP) is 3.14. The molecule has 0 saturated heterocycles. The fraction of sp³-hybridized carbons (Fsp3) is 0.500. The SMILES string of the molecule is CCOC(=O)C1=C(C)N=C2C[C@@H](C)[C@@H](C(=O)OC)C(=O)[C@@H]2[C@H]1c1cccs1. The molecular weight excluding hydrogens is 366 g/mol. The Morgan fingerprint density at radius 2 is 2.07 bits per heavy atom. The molecule has 1 fully saturated rings. The molecule has 0 amide bonds. The van der Waals surface area contributed by atoms with Crippen molar-refractivity contribution in [1.82, 2.24) is 0 Å². The van der Waals surface area contributed by atoms with Gasteiger partial charge in [0.25, 0.3) is 0 Å². The monoisotopic (exact) mass is 389 g/mol. The topological polar surface area (TPSA) is 82.0 Å². The van der Waals surface area contributed by atoms with Gasteiger partial charge in [-0.05, 0) is 37.6 Å². The minimum Gasteiger partial charge on any atom is -0.468 e. The maximum atomic E-state index is 13.4. The third-order valence-corrected chi connectivity index (χ3v) is 6.17. The minimum atomic E-state index is -0.844. The van der Waals surface area contributed by atoms with Gasteiger partial charge in [0.1, 0.15) is 5.92 Å². The summed E-state index contributed by atoms with van der Waals surface area (Å²) < 4.78 is 10.1. The van der Waals surface area contributed by atoms with Gasteiger partial charge in [0.2, 0.25) is 0 Å². The molecule has 1 aliphatic heterocycles. The Balaban J connectivity index is 2.13. The summed E-state index contributed by atoms with van der Waals surface area (Å²) in [5, 5.41) is 1.91. The van der Waals surface area contributed by atoms with Gasteiger partial charge in [-0.25, -0.2) is 4.79 Å². The average Bonchev–Trinajstić information content (AvgIpc) is 3.14. The van der Waals surface area contributed by atoms with Gasteiger partial charge in [-0.3, -0.25) is 14.6 Å². The molecule has 2 aliphatic rings. The average molecular weight is 389 g/mol. The van der Waals surface area contributed by atoms with E-state index >= 15 is 0 Å². The third kappa shape index (κ3) is 3.36. The Labute approximate surface area is 162 Å². The number of methoxy groups -OCH3 is 1. The number of carbonyl (C=O) groups is 3. The second-order valence-corrected chi connectivity index (χ2v) is 7.86. The fourth-order valence-electron chi connectivity index (χ4n) is 4.09. The molecule has 3 rings (SSSR count). The molecule has 2 heterocycles. The molecule has 0 bridgehead atoms. The molecule has 0 radical (unpaired) electrons. The molecule has 1 saturated carbocycles. The number of ketones is 1. The van der Waals surface area contributed by atoms with Crippen LogP contribution in [0.5, 0.6) is 0 Å². The first-order valence-electron chi connectivity index (χ1n) is 9.00. The number of aliphatic imine (C=N–C) groups is 1. The van der Waals surface area contributed by atoms with E-state index in [0.717, 1.165) is 10.6 Å². The van der Waals surface area contributed by atoms with E-state index in [4.69, 9.17) is 9.47 Å². The number of thiophene rings is 1. The van der Waals surface area contributed by atoms with Gasteiger partial charge in [-0.1, -0.05) is 13.0 Å². The summed E-state index contributed by atoms with van der Waals surface area (Å²) in [6.45, 7) is 5.62. The van der Waals surface area contributed by atoms with Crippen LogP contribution >= 0.6 is 11.3 Å². The van der Waals surface area contributed by atoms with Crippen LogP contribution in [0.4, 0.5) is 0 Å². The summed E-state index contributed by atoms with van der Waals surface area (Å²) in [6, 6.07) is 3.79. The molecule has 27 heavy (non-hydrogen) atoms. The van der Waals surface area contributed by atoms with Crippen molar-refractivity contribution >= 4 is 34.8 Å². The van der Waals surface area contributed by atoms with Crippen LogP contribution in [0.25, 0.3) is 0 Å². The van der Waals surface area contributed by atoms with Crippen molar-refractivity contribution in [2.75, 3.05) is 13.7 Å². The molecule has 1 aliphatic carbocycles. The number of hydrogen-bond donors (Lipinski definition) is 0. The van der Waals surface area contributed by atoms with Crippen molar-refractivity contribution in [3.05, 3.63) is 33.7 Å². The highest BCUT2D eigenvalue weighted by Crippen LogP contribution is 2.46. The van der Waals surface area contributed by atoms with Crippen LogP contribution in [0, 0.1) is 17.8 Å². The number of ether oxygens (including phenoxy) is 2. The molecule has 6 nitrogen and oxygen atoms in total. The second kappa shape index (κ2) is 7.76. The van der Waals surface area contributed by atoms with Crippen molar-refractivity contribution in [2.45, 2.75) is 33.1 Å². The maximum Gasteiger partial charge on any atom is 0.336 e. The van der Waals surface area contributed by atoms with E-state index in [1.54, 1.807) is 13.8 Å². The maximum absolute atomic E-state index is 13.4. The number of hydrogen-bond acceptors (Lipinski definition) is 7. The lowest BCUT2D eigenvalue weighted by molar-refractivity contribution is -0.152. The standard InChI is InChI=1S/C20H23NO5S/c1-5-26-20(24)15-11(3)21-12-9-10(2)14(19(23)25-4)18(22)16(12)17(15)13-7-6-8-27-13/h6-8,10,14,16-17H,5,9H2,1-4H3/t10-,14-,16+,17+/m1/s1. The first-order chi connectivity index (χ1) is 12.9. The van der Waals surface area contributed by atoms with E-state index in [2.05, 4.69) is 4.99 Å². The molecule has 1 aromatic heterocycles. The minimum absolute atomic E-state index is 0.194. The molecule has 0 N–H and O–H groups in total. The van der Waals surface area contributed by atoms with Crippen molar-refractivity contribution in [3.63, 3.8) is 0 Å². The Bertz CT molecular complexity index is 823. The van der Waals surface area contributed by atoms with E-state index < -0.39 is 29.7 Å². The van der Waals surface area contributed by atoms with Crippen molar-refractivity contribution in [1.29, 1.82) is 0 Å². The number of rotatable bonds is 4. The number of nitrogens with zero attached hydrogens (tertiary/aromatic N) is 1.